The van der Waals surface area contributed by atoms with Gasteiger partial charge in [-0.25, -0.2) is 13.4 Å². The van der Waals surface area contributed by atoms with Crippen LogP contribution in [0.3, 0.4) is 0 Å². The number of halogens is 1. The maximum absolute atomic E-state index is 12.6. The number of fused-ring (bicyclic) bond motifs is 1. The molecule has 1 amide bonds. The molecule has 1 heterocycles. The summed E-state index contributed by atoms with van der Waals surface area (Å²) in [5, 5.41) is 3.47. The lowest BCUT2D eigenvalue weighted by Crippen LogP contribution is -2.14. The highest BCUT2D eigenvalue weighted by atomic mass is 35.5. The SMILES string of the molecule is CC(=O)Nc1nc2cc(NS(=O)(=O)c3cccc(Cl)c3C)ccc2s1. The molecule has 0 fully saturated rings. The van der Waals surface area contributed by atoms with Crippen LogP contribution in [0.2, 0.25) is 5.02 Å². The van der Waals surface area contributed by atoms with Gasteiger partial charge in [-0.15, -0.1) is 0 Å². The topological polar surface area (TPSA) is 88.2 Å². The number of amides is 1. The third-order valence-corrected chi connectivity index (χ3v) is 6.32. The van der Waals surface area contributed by atoms with Crippen molar-refractivity contribution < 1.29 is 13.2 Å². The van der Waals surface area contributed by atoms with Crippen molar-refractivity contribution >= 4 is 59.9 Å². The van der Waals surface area contributed by atoms with Gasteiger partial charge in [0.2, 0.25) is 5.91 Å². The molecule has 0 spiro atoms. The van der Waals surface area contributed by atoms with Gasteiger partial charge in [0, 0.05) is 11.9 Å². The molecule has 3 rings (SSSR count). The van der Waals surface area contributed by atoms with Crippen molar-refractivity contribution in [2.45, 2.75) is 18.7 Å². The van der Waals surface area contributed by atoms with E-state index in [1.54, 1.807) is 37.3 Å². The zero-order valence-corrected chi connectivity index (χ0v) is 15.7. The van der Waals surface area contributed by atoms with Crippen molar-refractivity contribution in [2.75, 3.05) is 10.0 Å². The molecule has 0 saturated carbocycles. The zero-order chi connectivity index (χ0) is 18.2. The molecule has 2 N–H and O–H groups in total. The second-order valence-electron chi connectivity index (χ2n) is 5.35. The van der Waals surface area contributed by atoms with Crippen LogP contribution in [0.5, 0.6) is 0 Å². The molecule has 0 atom stereocenters. The Bertz CT molecular complexity index is 1080. The lowest BCUT2D eigenvalue weighted by molar-refractivity contribution is -0.114. The smallest absolute Gasteiger partial charge is 0.262 e. The van der Waals surface area contributed by atoms with E-state index in [0.717, 1.165) is 4.70 Å². The van der Waals surface area contributed by atoms with Crippen LogP contribution in [0.4, 0.5) is 10.8 Å². The molecule has 0 bridgehead atoms. The van der Waals surface area contributed by atoms with E-state index in [-0.39, 0.29) is 10.8 Å². The van der Waals surface area contributed by atoms with Crippen molar-refractivity contribution in [1.29, 1.82) is 0 Å². The number of hydrogen-bond donors (Lipinski definition) is 2. The van der Waals surface area contributed by atoms with E-state index in [2.05, 4.69) is 15.0 Å². The van der Waals surface area contributed by atoms with E-state index in [9.17, 15) is 13.2 Å². The van der Waals surface area contributed by atoms with Crippen molar-refractivity contribution in [3.63, 3.8) is 0 Å². The van der Waals surface area contributed by atoms with E-state index in [4.69, 9.17) is 11.6 Å². The number of nitrogens with zero attached hydrogens (tertiary/aromatic N) is 1. The van der Waals surface area contributed by atoms with Crippen LogP contribution in [0.25, 0.3) is 10.2 Å². The van der Waals surface area contributed by atoms with Gasteiger partial charge in [0.25, 0.3) is 10.0 Å². The van der Waals surface area contributed by atoms with Gasteiger partial charge in [0.1, 0.15) is 0 Å². The summed E-state index contributed by atoms with van der Waals surface area (Å²) in [4.78, 5) is 15.5. The largest absolute Gasteiger partial charge is 0.302 e. The lowest BCUT2D eigenvalue weighted by atomic mass is 10.2. The molecule has 6 nitrogen and oxygen atoms in total. The van der Waals surface area contributed by atoms with E-state index in [1.165, 1.54) is 24.3 Å². The van der Waals surface area contributed by atoms with E-state index in [1.807, 2.05) is 0 Å². The first-order valence-electron chi connectivity index (χ1n) is 7.22. The van der Waals surface area contributed by atoms with Crippen LogP contribution in [0, 0.1) is 6.92 Å². The Morgan fingerprint density at radius 2 is 2.00 bits per heavy atom. The molecule has 9 heteroatoms. The number of rotatable bonds is 4. The molecule has 0 aliphatic carbocycles. The number of aromatic nitrogens is 1. The predicted octanol–water partition coefficient (Wildman–Crippen LogP) is 4.02. The summed E-state index contributed by atoms with van der Waals surface area (Å²) in [6, 6.07) is 9.75. The Morgan fingerprint density at radius 3 is 2.72 bits per heavy atom. The Labute approximate surface area is 153 Å². The standard InChI is InChI=1S/C16H14ClN3O3S2/c1-9-12(17)4-3-5-15(9)25(22,23)20-11-6-7-14-13(8-11)19-16(24-14)18-10(2)21/h3-8,20H,1-2H3,(H,18,19,21). The third kappa shape index (κ3) is 3.76. The molecular formula is C16H14ClN3O3S2. The summed E-state index contributed by atoms with van der Waals surface area (Å²) < 4.78 is 28.6. The summed E-state index contributed by atoms with van der Waals surface area (Å²) in [5.74, 6) is -0.212. The number of carbonyl (C=O) groups is 1. The van der Waals surface area contributed by atoms with Crippen LogP contribution < -0.4 is 10.0 Å². The van der Waals surface area contributed by atoms with Crippen LogP contribution in [0.1, 0.15) is 12.5 Å². The molecule has 3 aromatic rings. The minimum atomic E-state index is -3.78. The van der Waals surface area contributed by atoms with Gasteiger partial charge in [-0.2, -0.15) is 0 Å². The van der Waals surface area contributed by atoms with Gasteiger partial charge < -0.3 is 5.32 Å². The lowest BCUT2D eigenvalue weighted by Gasteiger charge is -2.11. The number of hydrogen-bond acceptors (Lipinski definition) is 5. The van der Waals surface area contributed by atoms with E-state index in [0.29, 0.717) is 26.9 Å². The molecule has 0 aliphatic rings. The maximum atomic E-state index is 12.6. The Morgan fingerprint density at radius 1 is 1.24 bits per heavy atom. The van der Waals surface area contributed by atoms with Crippen molar-refractivity contribution in [3.8, 4) is 0 Å². The first-order valence-corrected chi connectivity index (χ1v) is 9.90. The van der Waals surface area contributed by atoms with Crippen molar-refractivity contribution in [3.05, 3.63) is 47.0 Å². The summed E-state index contributed by atoms with van der Waals surface area (Å²) in [5.41, 5.74) is 1.46. The van der Waals surface area contributed by atoms with E-state index < -0.39 is 10.0 Å². The maximum Gasteiger partial charge on any atom is 0.262 e. The molecule has 0 aliphatic heterocycles. The minimum absolute atomic E-state index is 0.123. The van der Waals surface area contributed by atoms with Gasteiger partial charge >= 0.3 is 0 Å². The number of carbonyl (C=O) groups excluding carboxylic acids is 1. The molecule has 0 saturated heterocycles. The minimum Gasteiger partial charge on any atom is -0.302 e. The summed E-state index contributed by atoms with van der Waals surface area (Å²) in [6.45, 7) is 3.05. The number of benzene rings is 2. The highest BCUT2D eigenvalue weighted by Gasteiger charge is 2.18. The van der Waals surface area contributed by atoms with Crippen LogP contribution in [-0.4, -0.2) is 19.3 Å². The zero-order valence-electron chi connectivity index (χ0n) is 13.3. The normalized spacial score (nSPS) is 11.5. The van der Waals surface area contributed by atoms with Gasteiger partial charge in [-0.1, -0.05) is 29.0 Å². The second kappa shape index (κ2) is 6.62. The molecule has 0 unspecified atom stereocenters. The van der Waals surface area contributed by atoms with Crippen LogP contribution in [0.15, 0.2) is 41.3 Å². The first-order chi connectivity index (χ1) is 11.8. The quantitative estimate of drug-likeness (QED) is 0.698. The number of anilines is 2. The second-order valence-corrected chi connectivity index (χ2v) is 8.44. The molecule has 1 aromatic heterocycles. The molecule has 130 valence electrons. The highest BCUT2D eigenvalue weighted by molar-refractivity contribution is 7.92. The van der Waals surface area contributed by atoms with Gasteiger partial charge in [0.05, 0.1) is 20.8 Å². The average molecular weight is 396 g/mol. The predicted molar refractivity (Wildman–Crippen MR) is 101 cm³/mol. The Balaban J connectivity index is 1.94. The Hall–Kier alpha value is -2.16. The average Bonchev–Trinajstić information content (AvgIpc) is 2.90. The summed E-state index contributed by atoms with van der Waals surface area (Å²) in [6.07, 6.45) is 0. The molecule has 0 radical (unpaired) electrons. The van der Waals surface area contributed by atoms with Gasteiger partial charge in [-0.3, -0.25) is 9.52 Å². The third-order valence-electron chi connectivity index (χ3n) is 3.43. The number of sulfonamides is 1. The first kappa shape index (κ1) is 17.7. The van der Waals surface area contributed by atoms with Crippen LogP contribution in [-0.2, 0) is 14.8 Å². The van der Waals surface area contributed by atoms with E-state index >= 15 is 0 Å². The summed E-state index contributed by atoms with van der Waals surface area (Å²) >= 11 is 7.33. The summed E-state index contributed by atoms with van der Waals surface area (Å²) in [7, 11) is -3.78. The molecule has 25 heavy (non-hydrogen) atoms. The highest BCUT2D eigenvalue weighted by Crippen LogP contribution is 2.30. The van der Waals surface area contributed by atoms with Crippen LogP contribution >= 0.6 is 22.9 Å². The monoisotopic (exact) mass is 395 g/mol. The van der Waals surface area contributed by atoms with Gasteiger partial charge in [0.15, 0.2) is 5.13 Å². The fourth-order valence-corrected chi connectivity index (χ4v) is 4.72. The Kier molecular flexibility index (Phi) is 4.68. The van der Waals surface area contributed by atoms with Crippen molar-refractivity contribution in [2.24, 2.45) is 0 Å². The molecule has 2 aromatic carbocycles. The van der Waals surface area contributed by atoms with Crippen molar-refractivity contribution in [1.82, 2.24) is 4.98 Å². The van der Waals surface area contributed by atoms with Gasteiger partial charge in [-0.05, 0) is 42.8 Å². The fraction of sp³-hybridized carbons (Fsp3) is 0.125. The number of thiazole rings is 1. The fourth-order valence-electron chi connectivity index (χ4n) is 2.28. The number of nitrogens with one attached hydrogen (secondary N) is 2. The molecular weight excluding hydrogens is 382 g/mol.